The summed E-state index contributed by atoms with van der Waals surface area (Å²) in [6, 6.07) is 27.2. The molecule has 2 N–H and O–H groups in total. The fourth-order valence-corrected chi connectivity index (χ4v) is 12.7. The number of carbonyl (C=O) groups is 2. The first-order chi connectivity index (χ1) is 34.9. The number of nitrogens with zero attached hydrogens (tertiary/aromatic N) is 12. The van der Waals surface area contributed by atoms with Crippen molar-refractivity contribution < 1.29 is 14.3 Å². The van der Waals surface area contributed by atoms with E-state index < -0.39 is 0 Å². The summed E-state index contributed by atoms with van der Waals surface area (Å²) in [5.74, 6) is -0.0257. The van der Waals surface area contributed by atoms with Gasteiger partial charge < -0.3 is 10.6 Å². The molecule has 0 saturated heterocycles. The Bertz CT molecular complexity index is 3630. The minimum Gasteiger partial charge on any atom is -0.354 e. The molecule has 2 aliphatic carbocycles. The van der Waals surface area contributed by atoms with E-state index in [1.54, 1.807) is 42.9 Å². The van der Waals surface area contributed by atoms with E-state index in [9.17, 15) is 30.6 Å². The molecule has 0 atom stereocenters. The molecule has 2 aliphatic rings. The molecule has 0 bridgehead atoms. The van der Waals surface area contributed by atoms with Gasteiger partial charge in [-0.05, 0) is 95.5 Å². The summed E-state index contributed by atoms with van der Waals surface area (Å²) in [7, 11) is 0. The quantitative estimate of drug-likeness (QED) is 0.117. The third kappa shape index (κ3) is 9.07. The van der Waals surface area contributed by atoms with Crippen LogP contribution >= 0.6 is 23.5 Å². The highest BCUT2D eigenvalue weighted by atomic mass is 32.2. The van der Waals surface area contributed by atoms with Crippen molar-refractivity contribution in [2.24, 2.45) is 0 Å². The van der Waals surface area contributed by atoms with Crippen molar-refractivity contribution >= 4 is 46.4 Å². The number of hydrogen-bond donors (Lipinski definition) is 2. The largest absolute Gasteiger partial charge is 0.354 e. The van der Waals surface area contributed by atoms with Gasteiger partial charge in [-0.25, -0.2) is 4.52 Å². The van der Waals surface area contributed by atoms with Crippen LogP contribution in [0.25, 0.3) is 39.0 Å². The molecule has 0 aliphatic heterocycles. The molecule has 72 heavy (non-hydrogen) atoms. The smallest absolute Gasteiger partial charge is 0.237 e. The summed E-state index contributed by atoms with van der Waals surface area (Å²) in [6.45, 7) is 7.24. The molecule has 2 fully saturated rings. The maximum atomic E-state index is 11.8. The van der Waals surface area contributed by atoms with E-state index in [1.165, 1.54) is 23.5 Å². The zero-order chi connectivity index (χ0) is 50.2. The van der Waals surface area contributed by atoms with Crippen LogP contribution in [0.5, 0.6) is 0 Å². The number of fused-ring (bicyclic) bond motifs is 2. The van der Waals surface area contributed by atoms with Gasteiger partial charge in [0.2, 0.25) is 23.7 Å². The SMILES string of the molecule is CC(=O)N[C@H]1CC[C@H](n2ncc(-c3cc(Sc4ccc(-[n+]5cc(C#N)c6c(Sc7ccccc7C#N)cc(-c7cnn([C@H]8CC[C@@H](NC(C)=O)CC8)c7C)cn65)cc4C#N)c4c(C#N)cnn4c3)c2C)CC1. The average molecular weight is 990 g/mol. The highest BCUT2D eigenvalue weighted by Gasteiger charge is 2.30. The number of hydrogen-bond acceptors (Lipinski definition) is 11. The highest BCUT2D eigenvalue weighted by molar-refractivity contribution is 8.00. The van der Waals surface area contributed by atoms with Crippen LogP contribution in [-0.4, -0.2) is 57.6 Å². The lowest BCUT2D eigenvalue weighted by Gasteiger charge is -2.29. The van der Waals surface area contributed by atoms with Crippen LogP contribution in [0.1, 0.15) is 111 Å². The molecule has 0 radical (unpaired) electrons. The van der Waals surface area contributed by atoms with Gasteiger partial charge in [-0.15, -0.1) is 4.52 Å². The maximum Gasteiger partial charge on any atom is 0.237 e. The number of pyridine rings is 2. The minimum atomic E-state index is -0.0161. The van der Waals surface area contributed by atoms with Gasteiger partial charge in [0.1, 0.15) is 35.4 Å². The van der Waals surface area contributed by atoms with Gasteiger partial charge in [-0.2, -0.15) is 36.3 Å². The number of rotatable bonds is 11. The highest BCUT2D eigenvalue weighted by Crippen LogP contribution is 2.41. The molecule has 6 aromatic heterocycles. The molecule has 6 heterocycles. The Morgan fingerprint density at radius 3 is 1.68 bits per heavy atom. The molecule has 0 spiro atoms. The first-order valence-corrected chi connectivity index (χ1v) is 25.5. The van der Waals surface area contributed by atoms with Crippen LogP contribution < -0.4 is 15.3 Å². The third-order valence-electron chi connectivity index (χ3n) is 14.0. The van der Waals surface area contributed by atoms with Crippen molar-refractivity contribution in [1.29, 1.82) is 21.0 Å². The fourth-order valence-electron chi connectivity index (χ4n) is 10.5. The number of nitrogens with one attached hydrogen (secondary N) is 2. The molecular formula is C54H49N14O2S2+. The lowest BCUT2D eigenvalue weighted by molar-refractivity contribution is -0.667. The lowest BCUT2D eigenvalue weighted by Crippen LogP contribution is -2.36. The molecule has 0 unspecified atom stereocenters. The zero-order valence-electron chi connectivity index (χ0n) is 40.1. The zero-order valence-corrected chi connectivity index (χ0v) is 41.8. The number of benzene rings is 2. The number of amides is 2. The predicted molar refractivity (Wildman–Crippen MR) is 270 cm³/mol. The van der Waals surface area contributed by atoms with Gasteiger partial charge in [0.05, 0.1) is 59.1 Å². The van der Waals surface area contributed by atoms with Gasteiger partial charge >= 0.3 is 0 Å². The van der Waals surface area contributed by atoms with Crippen LogP contribution in [0.15, 0.2) is 111 Å². The number of carbonyl (C=O) groups excluding carboxylic acids is 2. The van der Waals surface area contributed by atoms with Crippen LogP contribution in [-0.2, 0) is 9.59 Å². The molecule has 16 nitrogen and oxygen atoms in total. The van der Waals surface area contributed by atoms with Crippen LogP contribution in [0, 0.1) is 59.2 Å². The summed E-state index contributed by atoms with van der Waals surface area (Å²) >= 11 is 2.79. The van der Waals surface area contributed by atoms with Crippen LogP contribution in [0.3, 0.4) is 0 Å². The van der Waals surface area contributed by atoms with Crippen LogP contribution in [0.2, 0.25) is 0 Å². The summed E-state index contributed by atoms with van der Waals surface area (Å²) in [4.78, 5) is 26.4. The van der Waals surface area contributed by atoms with Crippen molar-refractivity contribution in [3.05, 3.63) is 125 Å². The van der Waals surface area contributed by atoms with E-state index >= 15 is 0 Å². The minimum absolute atomic E-state index is 0.00965. The van der Waals surface area contributed by atoms with Gasteiger partial charge in [0, 0.05) is 97.5 Å². The van der Waals surface area contributed by atoms with Gasteiger partial charge in [-0.1, -0.05) is 40.3 Å². The van der Waals surface area contributed by atoms with Crippen molar-refractivity contribution in [2.75, 3.05) is 0 Å². The monoisotopic (exact) mass is 989 g/mol. The van der Waals surface area contributed by atoms with Crippen molar-refractivity contribution in [3.63, 3.8) is 0 Å². The van der Waals surface area contributed by atoms with E-state index in [2.05, 4.69) is 69.3 Å². The average Bonchev–Trinajstić information content (AvgIpc) is 4.18. The molecule has 2 saturated carbocycles. The summed E-state index contributed by atoms with van der Waals surface area (Å²) in [5.41, 5.74) is 9.14. The molecule has 2 amide bonds. The van der Waals surface area contributed by atoms with Gasteiger partial charge in [-0.3, -0.25) is 19.0 Å². The summed E-state index contributed by atoms with van der Waals surface area (Å²) < 4.78 is 9.68. The standard InChI is InChI=1S/C54H48N14O2S2/c1-32-47(27-60-67(32)44-13-9-42(10-14-44)62-34(3)69)38-20-51(53-40(24-57)26-59-64(53)29-38)72-50-18-17-46(19-37(50)23-56)65-31-41(25-58)54-52(71-49-8-6-5-7-36(49)22-55)21-39(30-66(54)65)48-28-61-68(33(48)2)45-15-11-43(12-16-45)63-35(4)70/h5-8,17-21,26-31,42-45H,9-16H2,1-4H3,(H-,62,63,69,70)/p+1/t42-,43-,44-,45+. The first kappa shape index (κ1) is 47.5. The summed E-state index contributed by atoms with van der Waals surface area (Å²) in [6.07, 6.45) is 18.0. The number of nitriles is 4. The van der Waals surface area contributed by atoms with Crippen LogP contribution in [0.4, 0.5) is 0 Å². The molecule has 358 valence electrons. The fraction of sp³-hybridized carbons (Fsp3) is 0.296. The lowest BCUT2D eigenvalue weighted by atomic mass is 9.91. The molecule has 18 heteroatoms. The topological polar surface area (TPSA) is 215 Å². The second-order valence-corrected chi connectivity index (χ2v) is 20.7. The normalized spacial score (nSPS) is 17.7. The maximum absolute atomic E-state index is 11.8. The predicted octanol–water partition coefficient (Wildman–Crippen LogP) is 9.24. The Labute approximate surface area is 424 Å². The second-order valence-electron chi connectivity index (χ2n) is 18.5. The Kier molecular flexibility index (Phi) is 13.1. The van der Waals surface area contributed by atoms with Gasteiger partial charge in [0.15, 0.2) is 0 Å². The Morgan fingerprint density at radius 2 is 1.12 bits per heavy atom. The Morgan fingerprint density at radius 1 is 0.597 bits per heavy atom. The summed E-state index contributed by atoms with van der Waals surface area (Å²) in [5, 5.41) is 62.2. The Balaban J connectivity index is 1.02. The van der Waals surface area contributed by atoms with Crippen molar-refractivity contribution in [3.8, 4) is 52.2 Å². The molecule has 2 aromatic carbocycles. The van der Waals surface area contributed by atoms with E-state index in [1.807, 2.05) is 70.4 Å². The molecule has 8 aromatic rings. The Hall–Kier alpha value is -8.16. The third-order valence-corrected chi connectivity index (χ3v) is 16.2. The van der Waals surface area contributed by atoms with E-state index in [0.29, 0.717) is 43.9 Å². The van der Waals surface area contributed by atoms with E-state index in [0.717, 1.165) is 99.7 Å². The van der Waals surface area contributed by atoms with Crippen molar-refractivity contribution in [2.45, 2.75) is 123 Å². The first-order valence-electron chi connectivity index (χ1n) is 23.9. The number of aromatic nitrogens is 8. The van der Waals surface area contributed by atoms with Gasteiger partial charge in [0.25, 0.3) is 0 Å². The molecular weight excluding hydrogens is 941 g/mol. The van der Waals surface area contributed by atoms with E-state index in [4.69, 9.17) is 10.2 Å². The van der Waals surface area contributed by atoms with Crippen molar-refractivity contribution in [1.82, 2.24) is 44.3 Å². The second kappa shape index (κ2) is 19.9. The molecule has 10 rings (SSSR count). The van der Waals surface area contributed by atoms with E-state index in [-0.39, 0.29) is 36.0 Å².